The summed E-state index contributed by atoms with van der Waals surface area (Å²) >= 11 is 3.51. The standard InChI is InChI=1S/C18H21BrN6O/c1-26-14-9-23-17(18(21)6-4-12(20)5-7-18)24-16(14)13-8-22-15-3-2-11(19)10-25(13)15/h2-3,8-10,12H,4-7,20-21H2,1H3. The van der Waals surface area contributed by atoms with Gasteiger partial charge in [0.2, 0.25) is 0 Å². The molecule has 0 unspecified atom stereocenters. The lowest BCUT2D eigenvalue weighted by Crippen LogP contribution is -2.45. The molecule has 0 saturated heterocycles. The van der Waals surface area contributed by atoms with Crippen molar-refractivity contribution >= 4 is 21.6 Å². The Morgan fingerprint density at radius 3 is 2.73 bits per heavy atom. The topological polar surface area (TPSA) is 104 Å². The normalized spacial score (nSPS) is 23.3. The van der Waals surface area contributed by atoms with Gasteiger partial charge in [-0.1, -0.05) is 0 Å². The quantitative estimate of drug-likeness (QED) is 0.679. The molecule has 1 saturated carbocycles. The lowest BCUT2D eigenvalue weighted by atomic mass is 9.80. The second-order valence-electron chi connectivity index (χ2n) is 6.82. The molecule has 1 aliphatic rings. The van der Waals surface area contributed by atoms with E-state index < -0.39 is 5.54 Å². The number of hydrogen-bond acceptors (Lipinski definition) is 6. The van der Waals surface area contributed by atoms with E-state index in [0.29, 0.717) is 17.3 Å². The van der Waals surface area contributed by atoms with Gasteiger partial charge >= 0.3 is 0 Å². The molecule has 8 heteroatoms. The van der Waals surface area contributed by atoms with E-state index in [4.69, 9.17) is 21.2 Å². The maximum atomic E-state index is 6.64. The van der Waals surface area contributed by atoms with E-state index in [-0.39, 0.29) is 6.04 Å². The molecule has 0 aromatic carbocycles. The smallest absolute Gasteiger partial charge is 0.165 e. The minimum absolute atomic E-state index is 0.209. The van der Waals surface area contributed by atoms with Crippen molar-refractivity contribution in [1.82, 2.24) is 19.4 Å². The summed E-state index contributed by atoms with van der Waals surface area (Å²) in [6, 6.07) is 4.10. The fraction of sp³-hybridized carbons (Fsp3) is 0.389. The van der Waals surface area contributed by atoms with Crippen molar-refractivity contribution in [1.29, 1.82) is 0 Å². The van der Waals surface area contributed by atoms with Crippen LogP contribution in [0.25, 0.3) is 17.0 Å². The van der Waals surface area contributed by atoms with Crippen LogP contribution >= 0.6 is 15.9 Å². The van der Waals surface area contributed by atoms with E-state index in [1.165, 1.54) is 0 Å². The molecule has 1 fully saturated rings. The van der Waals surface area contributed by atoms with Crippen molar-refractivity contribution in [3.05, 3.63) is 41.0 Å². The highest BCUT2D eigenvalue weighted by atomic mass is 79.9. The molecule has 0 radical (unpaired) electrons. The predicted molar refractivity (Wildman–Crippen MR) is 103 cm³/mol. The van der Waals surface area contributed by atoms with Gasteiger partial charge in [-0.25, -0.2) is 15.0 Å². The second-order valence-corrected chi connectivity index (χ2v) is 7.74. The van der Waals surface area contributed by atoms with Crippen LogP contribution in [0.3, 0.4) is 0 Å². The van der Waals surface area contributed by atoms with Crippen LogP contribution in [-0.4, -0.2) is 32.5 Å². The average Bonchev–Trinajstić information content (AvgIpc) is 3.06. The fourth-order valence-corrected chi connectivity index (χ4v) is 3.79. The largest absolute Gasteiger partial charge is 0.493 e. The molecule has 3 aromatic heterocycles. The number of ether oxygens (including phenoxy) is 1. The molecule has 136 valence electrons. The molecule has 0 aliphatic heterocycles. The number of aromatic nitrogens is 4. The number of nitrogens with zero attached hydrogens (tertiary/aromatic N) is 4. The summed E-state index contributed by atoms with van der Waals surface area (Å²) in [5.74, 6) is 1.22. The number of hydrogen-bond donors (Lipinski definition) is 2. The van der Waals surface area contributed by atoms with Gasteiger partial charge in [-0.3, -0.25) is 4.40 Å². The van der Waals surface area contributed by atoms with Crippen LogP contribution in [-0.2, 0) is 5.54 Å². The Bertz CT molecular complexity index is 948. The van der Waals surface area contributed by atoms with Crippen LogP contribution in [0, 0.1) is 0 Å². The molecule has 0 amide bonds. The SMILES string of the molecule is COc1cnc(C2(N)CCC(N)CC2)nc1-c1cnc2ccc(Br)cn12. The van der Waals surface area contributed by atoms with Gasteiger partial charge in [-0.15, -0.1) is 0 Å². The van der Waals surface area contributed by atoms with Crippen LogP contribution < -0.4 is 16.2 Å². The van der Waals surface area contributed by atoms with E-state index in [1.807, 2.05) is 22.7 Å². The third-order valence-corrected chi connectivity index (χ3v) is 5.52. The molecular formula is C18H21BrN6O. The average molecular weight is 417 g/mol. The molecular weight excluding hydrogens is 396 g/mol. The highest BCUT2D eigenvalue weighted by molar-refractivity contribution is 9.10. The Balaban J connectivity index is 1.83. The van der Waals surface area contributed by atoms with Crippen LogP contribution in [0.5, 0.6) is 5.75 Å². The first kappa shape index (κ1) is 17.4. The zero-order valence-electron chi connectivity index (χ0n) is 14.5. The monoisotopic (exact) mass is 416 g/mol. The van der Waals surface area contributed by atoms with Crippen LogP contribution in [0.15, 0.2) is 35.2 Å². The van der Waals surface area contributed by atoms with Crippen LogP contribution in [0.4, 0.5) is 0 Å². The number of fused-ring (bicyclic) bond motifs is 1. The summed E-state index contributed by atoms with van der Waals surface area (Å²) in [5, 5.41) is 0. The van der Waals surface area contributed by atoms with Crippen molar-refractivity contribution in [3.63, 3.8) is 0 Å². The van der Waals surface area contributed by atoms with Crippen molar-refractivity contribution < 1.29 is 4.74 Å². The van der Waals surface area contributed by atoms with Gasteiger partial charge in [-0.2, -0.15) is 0 Å². The molecule has 0 spiro atoms. The summed E-state index contributed by atoms with van der Waals surface area (Å²) in [6.07, 6.45) is 8.75. The second kappa shape index (κ2) is 6.61. The third-order valence-electron chi connectivity index (χ3n) is 5.06. The first-order valence-electron chi connectivity index (χ1n) is 8.59. The third kappa shape index (κ3) is 2.98. The highest BCUT2D eigenvalue weighted by Crippen LogP contribution is 2.35. The molecule has 3 aromatic rings. The zero-order chi connectivity index (χ0) is 18.3. The van der Waals surface area contributed by atoms with Gasteiger partial charge in [0.25, 0.3) is 0 Å². The van der Waals surface area contributed by atoms with Crippen molar-refractivity contribution in [2.75, 3.05) is 7.11 Å². The maximum absolute atomic E-state index is 6.64. The van der Waals surface area contributed by atoms with Crippen LogP contribution in [0.1, 0.15) is 31.5 Å². The first-order chi connectivity index (χ1) is 12.5. The number of rotatable bonds is 3. The maximum Gasteiger partial charge on any atom is 0.165 e. The summed E-state index contributed by atoms with van der Waals surface area (Å²) in [6.45, 7) is 0. The van der Waals surface area contributed by atoms with Gasteiger partial charge in [0.05, 0.1) is 30.7 Å². The van der Waals surface area contributed by atoms with Gasteiger partial charge in [0.15, 0.2) is 5.75 Å². The summed E-state index contributed by atoms with van der Waals surface area (Å²) in [4.78, 5) is 13.8. The number of imidazole rings is 1. The Labute approximate surface area is 159 Å². The molecule has 4 N–H and O–H groups in total. The van der Waals surface area contributed by atoms with Gasteiger partial charge in [-0.05, 0) is 53.7 Å². The van der Waals surface area contributed by atoms with Crippen molar-refractivity contribution in [2.24, 2.45) is 11.5 Å². The summed E-state index contributed by atoms with van der Waals surface area (Å²) in [5.41, 5.74) is 14.5. The molecule has 7 nitrogen and oxygen atoms in total. The molecule has 4 rings (SSSR count). The van der Waals surface area contributed by atoms with E-state index in [2.05, 4.69) is 25.9 Å². The number of nitrogens with two attached hydrogens (primary N) is 2. The first-order valence-corrected chi connectivity index (χ1v) is 9.38. The lowest BCUT2D eigenvalue weighted by molar-refractivity contribution is 0.264. The number of methoxy groups -OCH3 is 1. The summed E-state index contributed by atoms with van der Waals surface area (Å²) in [7, 11) is 1.61. The minimum Gasteiger partial charge on any atom is -0.493 e. The zero-order valence-corrected chi connectivity index (χ0v) is 16.1. The molecule has 3 heterocycles. The van der Waals surface area contributed by atoms with Crippen molar-refractivity contribution in [3.8, 4) is 17.1 Å². The molecule has 0 atom stereocenters. The highest BCUT2D eigenvalue weighted by Gasteiger charge is 2.35. The van der Waals surface area contributed by atoms with Crippen LogP contribution in [0.2, 0.25) is 0 Å². The Morgan fingerprint density at radius 2 is 2.00 bits per heavy atom. The Hall–Kier alpha value is -2.03. The van der Waals surface area contributed by atoms with E-state index in [9.17, 15) is 0 Å². The van der Waals surface area contributed by atoms with E-state index >= 15 is 0 Å². The van der Waals surface area contributed by atoms with Gasteiger partial charge < -0.3 is 16.2 Å². The fourth-order valence-electron chi connectivity index (χ4n) is 3.45. The predicted octanol–water partition coefficient (Wildman–Crippen LogP) is 2.62. The molecule has 26 heavy (non-hydrogen) atoms. The Morgan fingerprint density at radius 1 is 1.23 bits per heavy atom. The summed E-state index contributed by atoms with van der Waals surface area (Å²) < 4.78 is 8.43. The Kier molecular flexibility index (Phi) is 4.42. The van der Waals surface area contributed by atoms with E-state index in [0.717, 1.165) is 41.5 Å². The molecule has 1 aliphatic carbocycles. The van der Waals surface area contributed by atoms with Gasteiger partial charge in [0, 0.05) is 16.7 Å². The van der Waals surface area contributed by atoms with E-state index in [1.54, 1.807) is 19.5 Å². The van der Waals surface area contributed by atoms with Crippen molar-refractivity contribution in [2.45, 2.75) is 37.3 Å². The lowest BCUT2D eigenvalue weighted by Gasteiger charge is -2.34. The number of pyridine rings is 1. The minimum atomic E-state index is -0.558. The van der Waals surface area contributed by atoms with Gasteiger partial charge in [0.1, 0.15) is 17.2 Å². The number of halogens is 1. The molecule has 0 bridgehead atoms.